The summed E-state index contributed by atoms with van der Waals surface area (Å²) in [5.74, 6) is 0. The van der Waals surface area contributed by atoms with E-state index in [-0.39, 0.29) is 24.6 Å². The molecule has 0 radical (unpaired) electrons. The van der Waals surface area contributed by atoms with Gasteiger partial charge >= 0.3 is 6.09 Å². The largest absolute Gasteiger partial charge is 0.445 e. The maximum absolute atomic E-state index is 11.1. The highest BCUT2D eigenvalue weighted by molar-refractivity contribution is 5.85. The standard InChI is InChI=1S/C8H14N2O2.ClH/c11-8(10-6-1-2-6)12-7-3-4-9-5-7;/h6-7,9H,1-5H2,(H,10,11);1H/t7-;/m1./s1. The fourth-order valence-corrected chi connectivity index (χ4v) is 1.31. The normalized spacial score (nSPS) is 26.3. The van der Waals surface area contributed by atoms with E-state index in [1.807, 2.05) is 0 Å². The van der Waals surface area contributed by atoms with Gasteiger partial charge in [0.1, 0.15) is 6.10 Å². The molecule has 1 aliphatic heterocycles. The van der Waals surface area contributed by atoms with Crippen molar-refractivity contribution in [2.24, 2.45) is 0 Å². The fourth-order valence-electron chi connectivity index (χ4n) is 1.31. The van der Waals surface area contributed by atoms with Crippen LogP contribution in [0.1, 0.15) is 19.3 Å². The number of ether oxygens (including phenoxy) is 1. The highest BCUT2D eigenvalue weighted by atomic mass is 35.5. The molecule has 1 saturated carbocycles. The van der Waals surface area contributed by atoms with Gasteiger partial charge in [0.05, 0.1) is 0 Å². The average molecular weight is 207 g/mol. The maximum Gasteiger partial charge on any atom is 0.407 e. The topological polar surface area (TPSA) is 50.4 Å². The summed E-state index contributed by atoms with van der Waals surface area (Å²) in [6.45, 7) is 1.76. The second-order valence-electron chi connectivity index (χ2n) is 3.44. The molecule has 4 nitrogen and oxygen atoms in total. The second-order valence-corrected chi connectivity index (χ2v) is 3.44. The zero-order valence-electron chi connectivity index (χ0n) is 7.41. The van der Waals surface area contributed by atoms with Gasteiger partial charge in [0, 0.05) is 12.6 Å². The molecule has 0 spiro atoms. The quantitative estimate of drug-likeness (QED) is 0.698. The first-order chi connectivity index (χ1) is 5.84. The van der Waals surface area contributed by atoms with Gasteiger partial charge in [0.2, 0.25) is 0 Å². The van der Waals surface area contributed by atoms with Crippen LogP contribution in [0.15, 0.2) is 0 Å². The molecule has 1 amide bonds. The minimum absolute atomic E-state index is 0. The van der Waals surface area contributed by atoms with Crippen LogP contribution in [0.3, 0.4) is 0 Å². The van der Waals surface area contributed by atoms with Gasteiger partial charge in [-0.25, -0.2) is 4.79 Å². The van der Waals surface area contributed by atoms with Gasteiger partial charge in [-0.3, -0.25) is 0 Å². The first kappa shape index (κ1) is 10.6. The van der Waals surface area contributed by atoms with Crippen LogP contribution in [0.2, 0.25) is 0 Å². The Morgan fingerprint density at radius 1 is 1.38 bits per heavy atom. The van der Waals surface area contributed by atoms with Crippen LogP contribution in [0.25, 0.3) is 0 Å². The first-order valence-corrected chi connectivity index (χ1v) is 4.52. The Bertz CT molecular complexity index is 179. The van der Waals surface area contributed by atoms with Crippen molar-refractivity contribution >= 4 is 18.5 Å². The molecule has 76 valence electrons. The highest BCUT2D eigenvalue weighted by Gasteiger charge is 2.26. The van der Waals surface area contributed by atoms with E-state index < -0.39 is 0 Å². The first-order valence-electron chi connectivity index (χ1n) is 4.52. The molecule has 2 aliphatic rings. The van der Waals surface area contributed by atoms with Crippen LogP contribution >= 0.6 is 12.4 Å². The molecular weight excluding hydrogens is 192 g/mol. The molecule has 0 unspecified atom stereocenters. The van der Waals surface area contributed by atoms with Gasteiger partial charge < -0.3 is 15.4 Å². The van der Waals surface area contributed by atoms with E-state index in [1.54, 1.807) is 0 Å². The molecule has 13 heavy (non-hydrogen) atoms. The van der Waals surface area contributed by atoms with Crippen LogP contribution in [0, 0.1) is 0 Å². The minimum Gasteiger partial charge on any atom is -0.445 e. The molecular formula is C8H15ClN2O2. The lowest BCUT2D eigenvalue weighted by Gasteiger charge is -2.10. The van der Waals surface area contributed by atoms with E-state index >= 15 is 0 Å². The van der Waals surface area contributed by atoms with Crippen molar-refractivity contribution in [3.8, 4) is 0 Å². The number of carbonyl (C=O) groups excluding carboxylic acids is 1. The van der Waals surface area contributed by atoms with E-state index in [0.717, 1.165) is 32.4 Å². The third-order valence-corrected chi connectivity index (χ3v) is 2.19. The van der Waals surface area contributed by atoms with Crippen LogP contribution in [0.4, 0.5) is 4.79 Å². The Morgan fingerprint density at radius 3 is 2.69 bits per heavy atom. The summed E-state index contributed by atoms with van der Waals surface area (Å²) in [4.78, 5) is 11.1. The Kier molecular flexibility index (Phi) is 3.81. The predicted octanol–water partition coefficient (Wildman–Crippen LogP) is 0.659. The van der Waals surface area contributed by atoms with Crippen molar-refractivity contribution in [2.45, 2.75) is 31.4 Å². The number of alkyl carbamates (subject to hydrolysis) is 1. The molecule has 1 atom stereocenters. The maximum atomic E-state index is 11.1. The van der Waals surface area contributed by atoms with E-state index in [0.29, 0.717) is 6.04 Å². The van der Waals surface area contributed by atoms with Crippen LogP contribution in [0.5, 0.6) is 0 Å². The Morgan fingerprint density at radius 2 is 2.15 bits per heavy atom. The molecule has 5 heteroatoms. The molecule has 1 aliphatic carbocycles. The lowest BCUT2D eigenvalue weighted by atomic mass is 10.3. The monoisotopic (exact) mass is 206 g/mol. The van der Waals surface area contributed by atoms with E-state index in [1.165, 1.54) is 0 Å². The van der Waals surface area contributed by atoms with Crippen molar-refractivity contribution < 1.29 is 9.53 Å². The van der Waals surface area contributed by atoms with E-state index in [9.17, 15) is 4.79 Å². The van der Waals surface area contributed by atoms with Crippen molar-refractivity contribution in [1.29, 1.82) is 0 Å². The van der Waals surface area contributed by atoms with Crippen LogP contribution in [-0.4, -0.2) is 31.3 Å². The molecule has 2 fully saturated rings. The van der Waals surface area contributed by atoms with E-state index in [4.69, 9.17) is 4.74 Å². The molecule has 1 saturated heterocycles. The van der Waals surface area contributed by atoms with Gasteiger partial charge in [-0.05, 0) is 25.8 Å². The summed E-state index contributed by atoms with van der Waals surface area (Å²) in [5, 5.41) is 5.93. The number of amides is 1. The Hall–Kier alpha value is -0.480. The smallest absolute Gasteiger partial charge is 0.407 e. The fraction of sp³-hybridized carbons (Fsp3) is 0.875. The SMILES string of the molecule is Cl.O=C(NC1CC1)O[C@@H]1CCNC1. The third kappa shape index (κ3) is 3.40. The molecule has 0 aromatic carbocycles. The zero-order valence-corrected chi connectivity index (χ0v) is 8.23. The summed E-state index contributed by atoms with van der Waals surface area (Å²) >= 11 is 0. The van der Waals surface area contributed by atoms with Crippen molar-refractivity contribution in [3.63, 3.8) is 0 Å². The summed E-state index contributed by atoms with van der Waals surface area (Å²) in [7, 11) is 0. The second kappa shape index (κ2) is 4.67. The van der Waals surface area contributed by atoms with Crippen molar-refractivity contribution in [3.05, 3.63) is 0 Å². The van der Waals surface area contributed by atoms with Gasteiger partial charge in [-0.1, -0.05) is 0 Å². The number of rotatable bonds is 2. The minimum atomic E-state index is -0.244. The summed E-state index contributed by atoms with van der Waals surface area (Å²) in [5.41, 5.74) is 0. The number of hydrogen-bond donors (Lipinski definition) is 2. The Labute approximate surface area is 83.8 Å². The lowest BCUT2D eigenvalue weighted by molar-refractivity contribution is 0.107. The summed E-state index contributed by atoms with van der Waals surface area (Å²) < 4.78 is 5.15. The molecule has 1 heterocycles. The molecule has 0 bridgehead atoms. The molecule has 0 aromatic heterocycles. The van der Waals surface area contributed by atoms with E-state index in [2.05, 4.69) is 10.6 Å². The predicted molar refractivity (Wildman–Crippen MR) is 51.2 cm³/mol. The van der Waals surface area contributed by atoms with Crippen LogP contribution < -0.4 is 10.6 Å². The van der Waals surface area contributed by atoms with Crippen LogP contribution in [-0.2, 0) is 4.74 Å². The number of nitrogens with one attached hydrogen (secondary N) is 2. The van der Waals surface area contributed by atoms with Gasteiger partial charge in [-0.2, -0.15) is 0 Å². The van der Waals surface area contributed by atoms with Gasteiger partial charge in [0.15, 0.2) is 0 Å². The Balaban J connectivity index is 0.000000845. The highest BCUT2D eigenvalue weighted by Crippen LogP contribution is 2.18. The molecule has 2 N–H and O–H groups in total. The summed E-state index contributed by atoms with van der Waals surface area (Å²) in [6, 6.07) is 0.395. The number of carbonyl (C=O) groups is 1. The number of halogens is 1. The average Bonchev–Trinajstić information content (AvgIpc) is 2.66. The third-order valence-electron chi connectivity index (χ3n) is 2.19. The zero-order chi connectivity index (χ0) is 8.39. The van der Waals surface area contributed by atoms with Gasteiger partial charge in [-0.15, -0.1) is 12.4 Å². The number of hydrogen-bond acceptors (Lipinski definition) is 3. The van der Waals surface area contributed by atoms with Gasteiger partial charge in [0.25, 0.3) is 0 Å². The van der Waals surface area contributed by atoms with Crippen molar-refractivity contribution in [2.75, 3.05) is 13.1 Å². The molecule has 2 rings (SSSR count). The summed E-state index contributed by atoms with van der Waals surface area (Å²) in [6.07, 6.45) is 3.00. The lowest BCUT2D eigenvalue weighted by Crippen LogP contribution is -2.31. The molecule has 0 aromatic rings. The van der Waals surface area contributed by atoms with Crippen molar-refractivity contribution in [1.82, 2.24) is 10.6 Å².